The van der Waals surface area contributed by atoms with E-state index in [0.717, 1.165) is 12.8 Å². The van der Waals surface area contributed by atoms with Crippen LogP contribution in [0.2, 0.25) is 0 Å². The lowest BCUT2D eigenvalue weighted by molar-refractivity contribution is -0.142. The molecule has 0 amide bonds. The molecule has 0 saturated heterocycles. The van der Waals surface area contributed by atoms with E-state index in [-0.39, 0.29) is 17.7 Å². The fraction of sp³-hybridized carbons (Fsp3) is 0.364. The highest BCUT2D eigenvalue weighted by atomic mass is 79.9. The van der Waals surface area contributed by atoms with Crippen LogP contribution in [-0.2, 0) is 9.53 Å². The van der Waals surface area contributed by atoms with Gasteiger partial charge >= 0.3 is 5.97 Å². The van der Waals surface area contributed by atoms with Gasteiger partial charge in [0.05, 0.1) is 17.5 Å². The molecule has 0 bridgehead atoms. The Morgan fingerprint density at radius 2 is 2.07 bits per heavy atom. The summed E-state index contributed by atoms with van der Waals surface area (Å²) in [5, 5.41) is 0. The number of hydrogen-bond acceptors (Lipinski definition) is 2. The standard InChI is InChI=1S/C6H4BrF.C5H8O2/c7-5-3-1-2-4-6(5)8;1-7-5(6)4-2-3-4/h1-4H;4H,2-3H2,1H3. The van der Waals surface area contributed by atoms with Crippen molar-refractivity contribution < 1.29 is 13.9 Å². The van der Waals surface area contributed by atoms with Crippen LogP contribution in [0.5, 0.6) is 0 Å². The third-order valence-electron chi connectivity index (χ3n) is 1.94. The predicted molar refractivity (Wildman–Crippen MR) is 58.8 cm³/mol. The molecule has 0 heterocycles. The Kier molecular flexibility index (Phi) is 4.75. The summed E-state index contributed by atoms with van der Waals surface area (Å²) in [6.45, 7) is 0. The van der Waals surface area contributed by atoms with Gasteiger partial charge in [-0.1, -0.05) is 12.1 Å². The predicted octanol–water partition coefficient (Wildman–Crippen LogP) is 3.16. The second-order valence-electron chi connectivity index (χ2n) is 3.21. The molecule has 1 saturated carbocycles. The van der Waals surface area contributed by atoms with Gasteiger partial charge in [-0.2, -0.15) is 0 Å². The summed E-state index contributed by atoms with van der Waals surface area (Å²) in [6.07, 6.45) is 2.07. The molecule has 0 spiro atoms. The molecule has 15 heavy (non-hydrogen) atoms. The topological polar surface area (TPSA) is 26.3 Å². The lowest BCUT2D eigenvalue weighted by atomic mass is 10.4. The lowest BCUT2D eigenvalue weighted by Gasteiger charge is -1.89. The number of carbonyl (C=O) groups excluding carboxylic acids is 1. The van der Waals surface area contributed by atoms with E-state index in [2.05, 4.69) is 20.7 Å². The van der Waals surface area contributed by atoms with Crippen LogP contribution in [0.3, 0.4) is 0 Å². The molecule has 0 atom stereocenters. The van der Waals surface area contributed by atoms with Crippen molar-refractivity contribution in [3.8, 4) is 0 Å². The zero-order chi connectivity index (χ0) is 11.3. The average molecular weight is 275 g/mol. The zero-order valence-corrected chi connectivity index (χ0v) is 9.96. The molecule has 1 aliphatic carbocycles. The molecule has 0 radical (unpaired) electrons. The minimum absolute atomic E-state index is 0.0417. The van der Waals surface area contributed by atoms with E-state index in [1.54, 1.807) is 18.2 Å². The van der Waals surface area contributed by atoms with Crippen molar-refractivity contribution in [2.45, 2.75) is 12.8 Å². The Bertz CT molecular complexity index is 316. The number of benzene rings is 1. The van der Waals surface area contributed by atoms with Crippen molar-refractivity contribution in [1.29, 1.82) is 0 Å². The molecule has 0 aliphatic heterocycles. The van der Waals surface area contributed by atoms with Gasteiger partial charge in [-0.15, -0.1) is 0 Å². The third-order valence-corrected chi connectivity index (χ3v) is 2.58. The number of rotatable bonds is 1. The second kappa shape index (κ2) is 5.85. The molecule has 2 nitrogen and oxygen atoms in total. The summed E-state index contributed by atoms with van der Waals surface area (Å²) in [7, 11) is 1.43. The van der Waals surface area contributed by atoms with Gasteiger partial charge < -0.3 is 4.74 Å². The Morgan fingerprint density at radius 3 is 2.33 bits per heavy atom. The quantitative estimate of drug-likeness (QED) is 0.736. The molecule has 0 unspecified atom stereocenters. The van der Waals surface area contributed by atoms with Crippen LogP contribution in [0, 0.1) is 11.7 Å². The summed E-state index contributed by atoms with van der Waals surface area (Å²) in [4.78, 5) is 10.4. The number of carbonyl (C=O) groups is 1. The van der Waals surface area contributed by atoms with Crippen molar-refractivity contribution in [3.05, 3.63) is 34.6 Å². The number of hydrogen-bond donors (Lipinski definition) is 0. The molecule has 1 fully saturated rings. The summed E-state index contributed by atoms with van der Waals surface area (Å²) in [5.41, 5.74) is 0. The van der Waals surface area contributed by atoms with Gasteiger partial charge in [0.25, 0.3) is 0 Å². The zero-order valence-electron chi connectivity index (χ0n) is 8.37. The van der Waals surface area contributed by atoms with Gasteiger partial charge in [0.15, 0.2) is 0 Å². The SMILES string of the molecule is COC(=O)C1CC1.Fc1ccccc1Br. The fourth-order valence-corrected chi connectivity index (χ4v) is 1.21. The number of esters is 1. The largest absolute Gasteiger partial charge is 0.469 e. The Balaban J connectivity index is 0.000000151. The smallest absolute Gasteiger partial charge is 0.308 e. The van der Waals surface area contributed by atoms with Crippen LogP contribution in [0.4, 0.5) is 4.39 Å². The Hall–Kier alpha value is -0.900. The first-order chi connectivity index (χ1) is 7.15. The molecular formula is C11H12BrFO2. The number of halogens is 2. The van der Waals surface area contributed by atoms with Gasteiger partial charge in [-0.25, -0.2) is 4.39 Å². The highest BCUT2D eigenvalue weighted by Crippen LogP contribution is 2.29. The normalized spacial score (nSPS) is 13.8. The lowest BCUT2D eigenvalue weighted by Crippen LogP contribution is -2.00. The highest BCUT2D eigenvalue weighted by Gasteiger charge is 2.30. The summed E-state index contributed by atoms with van der Waals surface area (Å²) in [5.74, 6) is -0.00231. The van der Waals surface area contributed by atoms with E-state index in [4.69, 9.17) is 0 Å². The van der Waals surface area contributed by atoms with Crippen LogP contribution in [0.1, 0.15) is 12.8 Å². The summed E-state index contributed by atoms with van der Waals surface area (Å²) in [6, 6.07) is 6.49. The van der Waals surface area contributed by atoms with E-state index in [0.29, 0.717) is 4.47 Å². The van der Waals surface area contributed by atoms with Crippen LogP contribution >= 0.6 is 15.9 Å². The van der Waals surface area contributed by atoms with Crippen LogP contribution in [0.25, 0.3) is 0 Å². The molecule has 0 aromatic heterocycles. The van der Waals surface area contributed by atoms with Crippen molar-refractivity contribution in [1.82, 2.24) is 0 Å². The molecule has 1 aromatic carbocycles. The number of methoxy groups -OCH3 is 1. The third kappa shape index (κ3) is 4.42. The molecule has 4 heteroatoms. The van der Waals surface area contributed by atoms with E-state index in [1.807, 2.05) is 0 Å². The number of ether oxygens (including phenoxy) is 1. The monoisotopic (exact) mass is 274 g/mol. The van der Waals surface area contributed by atoms with E-state index < -0.39 is 0 Å². The van der Waals surface area contributed by atoms with Crippen molar-refractivity contribution in [2.24, 2.45) is 5.92 Å². The first-order valence-corrected chi connectivity index (χ1v) is 5.42. The first-order valence-electron chi connectivity index (χ1n) is 4.63. The minimum Gasteiger partial charge on any atom is -0.469 e. The van der Waals surface area contributed by atoms with Crippen LogP contribution < -0.4 is 0 Å². The van der Waals surface area contributed by atoms with Gasteiger partial charge in [-0.3, -0.25) is 4.79 Å². The van der Waals surface area contributed by atoms with Crippen molar-refractivity contribution in [3.63, 3.8) is 0 Å². The molecule has 0 N–H and O–H groups in total. The molecular weight excluding hydrogens is 263 g/mol. The maximum absolute atomic E-state index is 12.3. The van der Waals surface area contributed by atoms with Crippen LogP contribution in [-0.4, -0.2) is 13.1 Å². The first kappa shape index (κ1) is 12.2. The summed E-state index contributed by atoms with van der Waals surface area (Å²) < 4.78 is 17.2. The molecule has 1 aliphatic rings. The van der Waals surface area contributed by atoms with E-state index in [1.165, 1.54) is 13.2 Å². The van der Waals surface area contributed by atoms with Gasteiger partial charge in [-0.05, 0) is 40.9 Å². The molecule has 1 aromatic rings. The Labute approximate surface area is 96.6 Å². The maximum Gasteiger partial charge on any atom is 0.308 e. The van der Waals surface area contributed by atoms with E-state index >= 15 is 0 Å². The maximum atomic E-state index is 12.3. The van der Waals surface area contributed by atoms with E-state index in [9.17, 15) is 9.18 Å². The van der Waals surface area contributed by atoms with Gasteiger partial charge in [0.2, 0.25) is 0 Å². The molecule has 2 rings (SSSR count). The minimum atomic E-state index is -0.215. The van der Waals surface area contributed by atoms with Crippen LogP contribution in [0.15, 0.2) is 28.7 Å². The van der Waals surface area contributed by atoms with Crippen molar-refractivity contribution >= 4 is 21.9 Å². The van der Waals surface area contributed by atoms with Crippen molar-refractivity contribution in [2.75, 3.05) is 7.11 Å². The van der Waals surface area contributed by atoms with Gasteiger partial charge in [0, 0.05) is 0 Å². The fourth-order valence-electron chi connectivity index (χ4n) is 0.925. The Morgan fingerprint density at radius 1 is 1.47 bits per heavy atom. The second-order valence-corrected chi connectivity index (χ2v) is 4.07. The molecule has 82 valence electrons. The van der Waals surface area contributed by atoms with Gasteiger partial charge in [0.1, 0.15) is 5.82 Å². The highest BCUT2D eigenvalue weighted by molar-refractivity contribution is 9.10. The average Bonchev–Trinajstić information content (AvgIpc) is 3.06. The summed E-state index contributed by atoms with van der Waals surface area (Å²) >= 11 is 3.02.